The Kier molecular flexibility index (Phi) is 7.15. The van der Waals surface area contributed by atoms with Crippen LogP contribution in [-0.2, 0) is 6.42 Å². The zero-order valence-electron chi connectivity index (χ0n) is 14.4. The van der Waals surface area contributed by atoms with E-state index in [-0.39, 0.29) is 6.04 Å². The fourth-order valence-electron chi connectivity index (χ4n) is 2.41. The summed E-state index contributed by atoms with van der Waals surface area (Å²) in [4.78, 5) is 6.39. The summed E-state index contributed by atoms with van der Waals surface area (Å²) in [7, 11) is 5.84. The minimum atomic E-state index is 0.148. The first-order valence-electron chi connectivity index (χ1n) is 7.99. The molecule has 1 atom stereocenters. The van der Waals surface area contributed by atoms with Gasteiger partial charge in [0.2, 0.25) is 0 Å². The molecule has 0 bridgehead atoms. The number of furan rings is 1. The third-order valence-corrected chi connectivity index (χ3v) is 4.05. The van der Waals surface area contributed by atoms with Gasteiger partial charge in [0.1, 0.15) is 5.76 Å². The van der Waals surface area contributed by atoms with Crippen molar-refractivity contribution in [3.05, 3.63) is 59.0 Å². The van der Waals surface area contributed by atoms with E-state index in [0.717, 1.165) is 29.7 Å². The molecule has 0 aliphatic heterocycles. The Labute approximate surface area is 148 Å². The van der Waals surface area contributed by atoms with Gasteiger partial charge in [-0.3, -0.25) is 9.89 Å². The lowest BCUT2D eigenvalue weighted by Crippen LogP contribution is -2.42. The van der Waals surface area contributed by atoms with Crippen LogP contribution < -0.4 is 10.6 Å². The Morgan fingerprint density at radius 3 is 2.54 bits per heavy atom. The van der Waals surface area contributed by atoms with Crippen molar-refractivity contribution in [2.45, 2.75) is 12.5 Å². The SMILES string of the molecule is CN=C(NCCc1ccc(Cl)cc1)NCC(c1ccco1)N(C)C. The maximum Gasteiger partial charge on any atom is 0.191 e. The molecule has 24 heavy (non-hydrogen) atoms. The zero-order chi connectivity index (χ0) is 17.4. The number of aliphatic imine (C=N–C) groups is 1. The molecule has 1 aromatic heterocycles. The van der Waals surface area contributed by atoms with Crippen molar-refractivity contribution in [2.75, 3.05) is 34.2 Å². The number of hydrogen-bond acceptors (Lipinski definition) is 3. The average Bonchev–Trinajstić information content (AvgIpc) is 3.09. The molecule has 0 amide bonds. The molecule has 6 heteroatoms. The highest BCUT2D eigenvalue weighted by Crippen LogP contribution is 2.17. The smallest absolute Gasteiger partial charge is 0.191 e. The van der Waals surface area contributed by atoms with E-state index in [1.165, 1.54) is 5.56 Å². The van der Waals surface area contributed by atoms with Crippen LogP contribution in [0, 0.1) is 0 Å². The number of likely N-dealkylation sites (N-methyl/N-ethyl adjacent to an activating group) is 1. The van der Waals surface area contributed by atoms with Gasteiger partial charge in [-0.15, -0.1) is 0 Å². The van der Waals surface area contributed by atoms with Crippen molar-refractivity contribution < 1.29 is 4.42 Å². The largest absolute Gasteiger partial charge is 0.468 e. The third-order valence-electron chi connectivity index (χ3n) is 3.80. The number of hydrogen-bond donors (Lipinski definition) is 2. The summed E-state index contributed by atoms with van der Waals surface area (Å²) in [5.74, 6) is 1.71. The minimum absolute atomic E-state index is 0.148. The summed E-state index contributed by atoms with van der Waals surface area (Å²) in [6.45, 7) is 1.51. The average molecular weight is 349 g/mol. The van der Waals surface area contributed by atoms with Crippen LogP contribution in [-0.4, -0.2) is 45.1 Å². The van der Waals surface area contributed by atoms with Crippen molar-refractivity contribution in [3.8, 4) is 0 Å². The summed E-state index contributed by atoms with van der Waals surface area (Å²) in [6.07, 6.45) is 2.61. The van der Waals surface area contributed by atoms with Crippen LogP contribution >= 0.6 is 11.6 Å². The minimum Gasteiger partial charge on any atom is -0.468 e. The lowest BCUT2D eigenvalue weighted by molar-refractivity contribution is 0.258. The highest BCUT2D eigenvalue weighted by molar-refractivity contribution is 6.30. The number of nitrogens with one attached hydrogen (secondary N) is 2. The van der Waals surface area contributed by atoms with E-state index in [1.54, 1.807) is 13.3 Å². The maximum absolute atomic E-state index is 5.90. The van der Waals surface area contributed by atoms with Crippen LogP contribution in [0.15, 0.2) is 52.1 Å². The molecule has 1 aromatic carbocycles. The number of rotatable bonds is 7. The van der Waals surface area contributed by atoms with Crippen LogP contribution in [0.25, 0.3) is 0 Å². The van der Waals surface area contributed by atoms with Gasteiger partial charge in [0.05, 0.1) is 12.3 Å². The second-order valence-electron chi connectivity index (χ2n) is 5.75. The fraction of sp³-hybridized carbons (Fsp3) is 0.389. The quantitative estimate of drug-likeness (QED) is 0.596. The Bertz CT molecular complexity index is 623. The molecular formula is C18H25ClN4O. The van der Waals surface area contributed by atoms with Gasteiger partial charge >= 0.3 is 0 Å². The first kappa shape index (κ1) is 18.4. The predicted octanol–water partition coefficient (Wildman–Crippen LogP) is 2.94. The molecule has 1 unspecified atom stereocenters. The van der Waals surface area contributed by atoms with Gasteiger partial charge in [-0.2, -0.15) is 0 Å². The van der Waals surface area contributed by atoms with Gasteiger partial charge in [0.15, 0.2) is 5.96 Å². The van der Waals surface area contributed by atoms with Crippen molar-refractivity contribution in [1.29, 1.82) is 0 Å². The van der Waals surface area contributed by atoms with E-state index in [4.69, 9.17) is 16.0 Å². The lowest BCUT2D eigenvalue weighted by atomic mass is 10.1. The number of halogens is 1. The molecule has 0 aliphatic carbocycles. The van der Waals surface area contributed by atoms with Gasteiger partial charge in [-0.1, -0.05) is 23.7 Å². The molecule has 5 nitrogen and oxygen atoms in total. The predicted molar refractivity (Wildman–Crippen MR) is 99.7 cm³/mol. The van der Waals surface area contributed by atoms with Crippen LogP contribution in [0.1, 0.15) is 17.4 Å². The number of guanidine groups is 1. The molecule has 0 aliphatic rings. The molecule has 130 valence electrons. The molecule has 0 saturated heterocycles. The van der Waals surface area contributed by atoms with Crippen molar-refractivity contribution in [1.82, 2.24) is 15.5 Å². The van der Waals surface area contributed by atoms with Gasteiger partial charge in [-0.25, -0.2) is 0 Å². The second-order valence-corrected chi connectivity index (χ2v) is 6.19. The summed E-state index contributed by atoms with van der Waals surface area (Å²) < 4.78 is 5.52. The lowest BCUT2D eigenvalue weighted by Gasteiger charge is -2.23. The van der Waals surface area contributed by atoms with Crippen molar-refractivity contribution in [2.24, 2.45) is 4.99 Å². The Morgan fingerprint density at radius 1 is 1.21 bits per heavy atom. The van der Waals surface area contributed by atoms with E-state index < -0.39 is 0 Å². The molecule has 0 radical (unpaired) electrons. The monoisotopic (exact) mass is 348 g/mol. The first-order chi connectivity index (χ1) is 11.6. The van der Waals surface area contributed by atoms with E-state index in [9.17, 15) is 0 Å². The van der Waals surface area contributed by atoms with Crippen molar-refractivity contribution >= 4 is 17.6 Å². The molecule has 0 spiro atoms. The van der Waals surface area contributed by atoms with Crippen molar-refractivity contribution in [3.63, 3.8) is 0 Å². The van der Waals surface area contributed by atoms with Crippen LogP contribution in [0.3, 0.4) is 0 Å². The fourth-order valence-corrected chi connectivity index (χ4v) is 2.53. The zero-order valence-corrected chi connectivity index (χ0v) is 15.2. The Morgan fingerprint density at radius 2 is 1.96 bits per heavy atom. The number of benzene rings is 1. The molecular weight excluding hydrogens is 324 g/mol. The van der Waals surface area contributed by atoms with Crippen LogP contribution in [0.5, 0.6) is 0 Å². The summed E-state index contributed by atoms with van der Waals surface area (Å²) >= 11 is 5.90. The molecule has 2 N–H and O–H groups in total. The van der Waals surface area contributed by atoms with E-state index in [1.807, 2.05) is 50.5 Å². The Hall–Kier alpha value is -1.98. The normalized spacial score (nSPS) is 13.1. The summed E-state index contributed by atoms with van der Waals surface area (Å²) in [5, 5.41) is 7.44. The molecule has 0 fully saturated rings. The summed E-state index contributed by atoms with van der Waals surface area (Å²) in [5.41, 5.74) is 1.24. The second kappa shape index (κ2) is 9.35. The van der Waals surface area contributed by atoms with Gasteiger partial charge in [-0.05, 0) is 50.3 Å². The Balaban J connectivity index is 1.80. The molecule has 0 saturated carbocycles. The van der Waals surface area contributed by atoms with Gasteiger partial charge in [0.25, 0.3) is 0 Å². The topological polar surface area (TPSA) is 52.8 Å². The van der Waals surface area contributed by atoms with Gasteiger partial charge < -0.3 is 15.1 Å². The van der Waals surface area contributed by atoms with E-state index >= 15 is 0 Å². The van der Waals surface area contributed by atoms with Crippen LogP contribution in [0.2, 0.25) is 5.02 Å². The molecule has 2 aromatic rings. The standard InChI is InChI=1S/C18H25ClN4O/c1-20-18(21-11-10-14-6-8-15(19)9-7-14)22-13-16(23(2)3)17-5-4-12-24-17/h4-9,12,16H,10-11,13H2,1-3H3,(H2,20,21,22). The highest BCUT2D eigenvalue weighted by Gasteiger charge is 2.17. The maximum atomic E-state index is 5.90. The van der Waals surface area contributed by atoms with Crippen LogP contribution in [0.4, 0.5) is 0 Å². The van der Waals surface area contributed by atoms with E-state index in [2.05, 4.69) is 20.5 Å². The molecule has 2 rings (SSSR count). The highest BCUT2D eigenvalue weighted by atomic mass is 35.5. The van der Waals surface area contributed by atoms with E-state index in [0.29, 0.717) is 6.54 Å². The number of nitrogens with zero attached hydrogens (tertiary/aromatic N) is 2. The van der Waals surface area contributed by atoms with Gasteiger partial charge in [0, 0.05) is 25.2 Å². The summed E-state index contributed by atoms with van der Waals surface area (Å²) in [6, 6.07) is 12.0. The molecule has 1 heterocycles. The third kappa shape index (κ3) is 5.58. The first-order valence-corrected chi connectivity index (χ1v) is 8.36.